The van der Waals surface area contributed by atoms with Gasteiger partial charge in [0, 0.05) is 11.8 Å². The van der Waals surface area contributed by atoms with E-state index < -0.39 is 4.92 Å². The number of ether oxygens (including phenoxy) is 1. The van der Waals surface area contributed by atoms with Crippen LogP contribution in [-0.4, -0.2) is 14.9 Å². The van der Waals surface area contributed by atoms with E-state index >= 15 is 0 Å². The lowest BCUT2D eigenvalue weighted by molar-refractivity contribution is -0.384. The lowest BCUT2D eigenvalue weighted by Gasteiger charge is -2.09. The van der Waals surface area contributed by atoms with Crippen LogP contribution in [0.5, 0.6) is 11.5 Å². The normalized spacial score (nSPS) is 10.2. The van der Waals surface area contributed by atoms with Crippen LogP contribution in [0.3, 0.4) is 0 Å². The smallest absolute Gasteiger partial charge is 0.329 e. The summed E-state index contributed by atoms with van der Waals surface area (Å²) >= 11 is 5.72. The average Bonchev–Trinajstić information content (AvgIpc) is 2.56. The van der Waals surface area contributed by atoms with Crippen LogP contribution < -0.4 is 10.1 Å². The summed E-state index contributed by atoms with van der Waals surface area (Å²) in [5, 5.41) is 13.8. The molecule has 0 aliphatic carbocycles. The molecule has 0 saturated heterocycles. The second-order valence-corrected chi connectivity index (χ2v) is 5.04. The number of hydrogen-bond acceptors (Lipinski definition) is 6. The molecule has 1 heterocycles. The molecule has 0 amide bonds. The monoisotopic (exact) mass is 342 g/mol. The zero-order valence-electron chi connectivity index (χ0n) is 12.2. The molecule has 0 radical (unpaired) electrons. The highest BCUT2D eigenvalue weighted by Crippen LogP contribution is 2.29. The Morgan fingerprint density at radius 2 is 1.83 bits per heavy atom. The molecule has 24 heavy (non-hydrogen) atoms. The quantitative estimate of drug-likeness (QED) is 0.415. The van der Waals surface area contributed by atoms with Gasteiger partial charge in [-0.05, 0) is 35.9 Å². The summed E-state index contributed by atoms with van der Waals surface area (Å²) in [5.41, 5.74) is 0.301. The molecule has 1 N–H and O–H groups in total. The van der Waals surface area contributed by atoms with Gasteiger partial charge < -0.3 is 10.1 Å². The SMILES string of the molecule is O=[N+]([O-])c1cnc(Cl)nc1Nc1cccc(Oc2ccccc2)c1. The molecular weight excluding hydrogens is 332 g/mol. The summed E-state index contributed by atoms with van der Waals surface area (Å²) in [4.78, 5) is 18.0. The van der Waals surface area contributed by atoms with E-state index in [9.17, 15) is 10.1 Å². The zero-order chi connectivity index (χ0) is 16.9. The Morgan fingerprint density at radius 3 is 2.58 bits per heavy atom. The summed E-state index contributed by atoms with van der Waals surface area (Å²) in [6.07, 6.45) is 1.06. The lowest BCUT2D eigenvalue weighted by Crippen LogP contribution is -2.01. The van der Waals surface area contributed by atoms with Crippen LogP contribution in [0.15, 0.2) is 60.8 Å². The van der Waals surface area contributed by atoms with Gasteiger partial charge in [0.05, 0.1) is 4.92 Å². The van der Waals surface area contributed by atoms with Gasteiger partial charge in [-0.2, -0.15) is 4.98 Å². The number of benzene rings is 2. The lowest BCUT2D eigenvalue weighted by atomic mass is 10.3. The molecule has 1 aromatic heterocycles. The van der Waals surface area contributed by atoms with Crippen molar-refractivity contribution in [1.29, 1.82) is 0 Å². The van der Waals surface area contributed by atoms with Gasteiger partial charge in [0.2, 0.25) is 11.1 Å². The Labute approximate surface area is 142 Å². The number of anilines is 2. The van der Waals surface area contributed by atoms with E-state index in [1.165, 1.54) is 0 Å². The molecule has 0 aliphatic rings. The van der Waals surface area contributed by atoms with Gasteiger partial charge in [-0.1, -0.05) is 24.3 Å². The van der Waals surface area contributed by atoms with Gasteiger partial charge in [-0.25, -0.2) is 4.98 Å². The number of halogens is 1. The van der Waals surface area contributed by atoms with Crippen LogP contribution >= 0.6 is 11.6 Å². The highest BCUT2D eigenvalue weighted by molar-refractivity contribution is 6.28. The van der Waals surface area contributed by atoms with Gasteiger partial charge in [0.15, 0.2) is 0 Å². The van der Waals surface area contributed by atoms with Crippen molar-refractivity contribution >= 4 is 28.8 Å². The number of para-hydroxylation sites is 1. The van der Waals surface area contributed by atoms with E-state index in [2.05, 4.69) is 15.3 Å². The fraction of sp³-hybridized carbons (Fsp3) is 0. The standard InChI is InChI=1S/C16H11ClN4O3/c17-16-18-10-14(21(22)23)15(20-16)19-11-5-4-8-13(9-11)24-12-6-2-1-3-7-12/h1-10H,(H,18,19,20). The van der Waals surface area contributed by atoms with Crippen molar-refractivity contribution in [1.82, 2.24) is 9.97 Å². The molecule has 2 aromatic carbocycles. The Hall–Kier alpha value is -3.19. The first kappa shape index (κ1) is 15.7. The Bertz CT molecular complexity index is 874. The molecule has 120 valence electrons. The maximum Gasteiger partial charge on any atom is 0.329 e. The number of hydrogen-bond donors (Lipinski definition) is 1. The Kier molecular flexibility index (Phi) is 4.53. The van der Waals surface area contributed by atoms with Crippen molar-refractivity contribution in [2.45, 2.75) is 0 Å². The number of nitrogens with one attached hydrogen (secondary N) is 1. The van der Waals surface area contributed by atoms with Crippen LogP contribution in [0.25, 0.3) is 0 Å². The minimum absolute atomic E-state index is 0.0110. The molecule has 0 unspecified atom stereocenters. The van der Waals surface area contributed by atoms with E-state index in [0.717, 1.165) is 6.20 Å². The van der Waals surface area contributed by atoms with Crippen LogP contribution in [0.4, 0.5) is 17.2 Å². The first-order chi connectivity index (χ1) is 11.6. The Balaban J connectivity index is 1.85. The molecule has 0 spiro atoms. The Morgan fingerprint density at radius 1 is 1.08 bits per heavy atom. The topological polar surface area (TPSA) is 90.2 Å². The molecule has 0 bridgehead atoms. The van der Waals surface area contributed by atoms with Gasteiger partial charge in [-0.3, -0.25) is 10.1 Å². The van der Waals surface area contributed by atoms with Crippen molar-refractivity contribution in [3.63, 3.8) is 0 Å². The van der Waals surface area contributed by atoms with E-state index in [0.29, 0.717) is 17.2 Å². The highest BCUT2D eigenvalue weighted by atomic mass is 35.5. The minimum Gasteiger partial charge on any atom is -0.457 e. The van der Waals surface area contributed by atoms with Crippen LogP contribution in [0.1, 0.15) is 0 Å². The van der Waals surface area contributed by atoms with Gasteiger partial charge in [0.1, 0.15) is 17.7 Å². The fourth-order valence-corrected chi connectivity index (χ4v) is 2.11. The summed E-state index contributed by atoms with van der Waals surface area (Å²) in [7, 11) is 0. The molecule has 8 heteroatoms. The van der Waals surface area contributed by atoms with Gasteiger partial charge in [0.25, 0.3) is 0 Å². The number of nitrogens with zero attached hydrogens (tertiary/aromatic N) is 3. The minimum atomic E-state index is -0.580. The van der Waals surface area contributed by atoms with Crippen molar-refractivity contribution in [3.8, 4) is 11.5 Å². The number of rotatable bonds is 5. The van der Waals surface area contributed by atoms with Crippen LogP contribution in [-0.2, 0) is 0 Å². The third kappa shape index (κ3) is 3.76. The molecule has 3 rings (SSSR count). The van der Waals surface area contributed by atoms with Crippen molar-refractivity contribution < 1.29 is 9.66 Å². The largest absolute Gasteiger partial charge is 0.457 e. The molecule has 0 aliphatic heterocycles. The molecule has 0 saturated carbocycles. The van der Waals surface area contributed by atoms with Crippen molar-refractivity contribution in [3.05, 3.63) is 76.2 Å². The van der Waals surface area contributed by atoms with E-state index in [-0.39, 0.29) is 16.8 Å². The summed E-state index contributed by atoms with van der Waals surface area (Å²) in [5.74, 6) is 1.27. The molecule has 0 atom stereocenters. The maximum absolute atomic E-state index is 11.0. The van der Waals surface area contributed by atoms with E-state index in [1.807, 2.05) is 30.3 Å². The van der Waals surface area contributed by atoms with Crippen molar-refractivity contribution in [2.75, 3.05) is 5.32 Å². The first-order valence-electron chi connectivity index (χ1n) is 6.89. The van der Waals surface area contributed by atoms with Crippen LogP contribution in [0, 0.1) is 10.1 Å². The first-order valence-corrected chi connectivity index (χ1v) is 7.26. The summed E-state index contributed by atoms with van der Waals surface area (Å²) < 4.78 is 5.73. The second-order valence-electron chi connectivity index (χ2n) is 4.70. The molecular formula is C16H11ClN4O3. The second kappa shape index (κ2) is 6.93. The molecule has 0 fully saturated rings. The third-order valence-electron chi connectivity index (χ3n) is 3.01. The van der Waals surface area contributed by atoms with Crippen LogP contribution in [0.2, 0.25) is 5.28 Å². The summed E-state index contributed by atoms with van der Waals surface area (Å²) in [6, 6.07) is 16.2. The third-order valence-corrected chi connectivity index (χ3v) is 3.19. The van der Waals surface area contributed by atoms with Gasteiger partial charge in [-0.15, -0.1) is 0 Å². The van der Waals surface area contributed by atoms with Gasteiger partial charge >= 0.3 is 5.69 Å². The number of aromatic nitrogens is 2. The highest BCUT2D eigenvalue weighted by Gasteiger charge is 2.17. The summed E-state index contributed by atoms with van der Waals surface area (Å²) in [6.45, 7) is 0. The zero-order valence-corrected chi connectivity index (χ0v) is 13.0. The van der Waals surface area contributed by atoms with E-state index in [4.69, 9.17) is 16.3 Å². The number of nitro groups is 1. The molecule has 3 aromatic rings. The fourth-order valence-electron chi connectivity index (χ4n) is 1.98. The predicted molar refractivity (Wildman–Crippen MR) is 89.9 cm³/mol. The molecule has 7 nitrogen and oxygen atoms in total. The van der Waals surface area contributed by atoms with Crippen molar-refractivity contribution in [2.24, 2.45) is 0 Å². The predicted octanol–water partition coefficient (Wildman–Crippen LogP) is 4.57. The van der Waals surface area contributed by atoms with E-state index in [1.54, 1.807) is 24.3 Å². The average molecular weight is 343 g/mol. The maximum atomic E-state index is 11.0.